The predicted octanol–water partition coefficient (Wildman–Crippen LogP) is 4.17. The molecule has 0 unspecified atom stereocenters. The van der Waals surface area contributed by atoms with Crippen molar-refractivity contribution in [3.63, 3.8) is 0 Å². The van der Waals surface area contributed by atoms with Crippen molar-refractivity contribution in [3.8, 4) is 0 Å². The molecule has 0 aromatic heterocycles. The third kappa shape index (κ3) is 5.62. The second-order valence-electron chi connectivity index (χ2n) is 8.34. The molecule has 1 saturated heterocycles. The van der Waals surface area contributed by atoms with E-state index in [0.29, 0.717) is 18.0 Å². The first kappa shape index (κ1) is 21.9. The zero-order valence-electron chi connectivity index (χ0n) is 18.3. The molecule has 1 heterocycles. The van der Waals surface area contributed by atoms with Crippen molar-refractivity contribution in [3.05, 3.63) is 65.2 Å². The number of hydrogen-bond donors (Lipinski definition) is 2. The molecule has 2 N–H and O–H groups in total. The molecule has 2 amide bonds. The summed E-state index contributed by atoms with van der Waals surface area (Å²) in [5, 5.41) is 6.23. The van der Waals surface area contributed by atoms with Crippen LogP contribution in [0.3, 0.4) is 0 Å². The summed E-state index contributed by atoms with van der Waals surface area (Å²) in [7, 11) is 0. The third-order valence-corrected chi connectivity index (χ3v) is 5.91. The van der Waals surface area contributed by atoms with Crippen molar-refractivity contribution >= 4 is 17.5 Å². The number of carbonyl (C=O) groups is 2. The molecule has 1 atom stereocenters. The topological polar surface area (TPSA) is 61.4 Å². The largest absolute Gasteiger partial charge is 0.371 e. The fourth-order valence-electron chi connectivity index (χ4n) is 3.77. The normalized spacial score (nSPS) is 15.5. The quantitative estimate of drug-likeness (QED) is 0.724. The number of para-hydroxylation sites is 1. The number of nitrogens with zero attached hydrogens (tertiary/aromatic N) is 1. The van der Waals surface area contributed by atoms with Crippen molar-refractivity contribution in [2.75, 3.05) is 24.5 Å². The van der Waals surface area contributed by atoms with Crippen LogP contribution in [0.4, 0.5) is 5.69 Å². The van der Waals surface area contributed by atoms with Crippen LogP contribution in [0.15, 0.2) is 48.5 Å². The lowest BCUT2D eigenvalue weighted by Gasteiger charge is -2.35. The van der Waals surface area contributed by atoms with Crippen LogP contribution in [0, 0.1) is 12.8 Å². The van der Waals surface area contributed by atoms with E-state index in [0.717, 1.165) is 49.2 Å². The Labute approximate surface area is 179 Å². The number of aryl methyl sites for hydroxylation is 1. The van der Waals surface area contributed by atoms with Gasteiger partial charge >= 0.3 is 0 Å². The molecule has 30 heavy (non-hydrogen) atoms. The Morgan fingerprint density at radius 3 is 2.50 bits per heavy atom. The van der Waals surface area contributed by atoms with E-state index >= 15 is 0 Å². The Balaban J connectivity index is 1.58. The first-order chi connectivity index (χ1) is 14.5. The lowest BCUT2D eigenvalue weighted by molar-refractivity contribution is 0.0929. The number of benzene rings is 2. The minimum absolute atomic E-state index is 0.0121. The van der Waals surface area contributed by atoms with E-state index in [2.05, 4.69) is 29.4 Å². The zero-order valence-corrected chi connectivity index (χ0v) is 18.3. The molecule has 3 rings (SSSR count). The molecule has 2 aromatic rings. The van der Waals surface area contributed by atoms with Gasteiger partial charge in [0, 0.05) is 36.9 Å². The van der Waals surface area contributed by atoms with E-state index in [1.54, 1.807) is 0 Å². The molecule has 0 radical (unpaired) electrons. The summed E-state index contributed by atoms with van der Waals surface area (Å²) in [6, 6.07) is 15.6. The van der Waals surface area contributed by atoms with Gasteiger partial charge in [0.2, 0.25) is 0 Å². The SMILES string of the molecule is CC[C@H](C)CNC(=O)c1ccccc1N1CCC(NC(=O)c2cccc(C)c2)CC1. The van der Waals surface area contributed by atoms with Gasteiger partial charge in [0.15, 0.2) is 0 Å². The number of carbonyl (C=O) groups excluding carboxylic acids is 2. The summed E-state index contributed by atoms with van der Waals surface area (Å²) >= 11 is 0. The lowest BCUT2D eigenvalue weighted by atomic mass is 10.0. The summed E-state index contributed by atoms with van der Waals surface area (Å²) in [4.78, 5) is 27.5. The molecular weight excluding hydrogens is 374 g/mol. The van der Waals surface area contributed by atoms with Crippen LogP contribution in [0.5, 0.6) is 0 Å². The molecule has 0 saturated carbocycles. The van der Waals surface area contributed by atoms with E-state index < -0.39 is 0 Å². The van der Waals surface area contributed by atoms with Gasteiger partial charge in [-0.1, -0.05) is 50.1 Å². The summed E-state index contributed by atoms with van der Waals surface area (Å²) in [5.74, 6) is 0.441. The molecule has 5 heteroatoms. The van der Waals surface area contributed by atoms with E-state index in [4.69, 9.17) is 0 Å². The number of hydrogen-bond acceptors (Lipinski definition) is 3. The number of nitrogens with one attached hydrogen (secondary N) is 2. The summed E-state index contributed by atoms with van der Waals surface area (Å²) < 4.78 is 0. The highest BCUT2D eigenvalue weighted by Gasteiger charge is 2.24. The smallest absolute Gasteiger partial charge is 0.253 e. The molecular formula is C25H33N3O2. The number of amides is 2. The lowest BCUT2D eigenvalue weighted by Crippen LogP contribution is -2.45. The molecule has 5 nitrogen and oxygen atoms in total. The highest BCUT2D eigenvalue weighted by atomic mass is 16.2. The van der Waals surface area contributed by atoms with Crippen molar-refractivity contribution < 1.29 is 9.59 Å². The first-order valence-corrected chi connectivity index (χ1v) is 11.0. The van der Waals surface area contributed by atoms with Gasteiger partial charge in [-0.05, 0) is 49.9 Å². The Morgan fingerprint density at radius 2 is 1.80 bits per heavy atom. The average Bonchev–Trinajstić information content (AvgIpc) is 2.77. The van der Waals surface area contributed by atoms with Crippen molar-refractivity contribution in [2.45, 2.75) is 46.1 Å². The Hall–Kier alpha value is -2.82. The van der Waals surface area contributed by atoms with E-state index in [1.807, 2.05) is 55.5 Å². The van der Waals surface area contributed by atoms with Crippen LogP contribution in [0.2, 0.25) is 0 Å². The van der Waals surface area contributed by atoms with Crippen LogP contribution in [0.25, 0.3) is 0 Å². The van der Waals surface area contributed by atoms with Gasteiger partial charge in [0.25, 0.3) is 11.8 Å². The Kier molecular flexibility index (Phi) is 7.50. The van der Waals surface area contributed by atoms with Crippen molar-refractivity contribution in [1.82, 2.24) is 10.6 Å². The monoisotopic (exact) mass is 407 g/mol. The summed E-state index contributed by atoms with van der Waals surface area (Å²) in [6.07, 6.45) is 2.77. The van der Waals surface area contributed by atoms with Crippen LogP contribution < -0.4 is 15.5 Å². The van der Waals surface area contributed by atoms with E-state index in [-0.39, 0.29) is 17.9 Å². The van der Waals surface area contributed by atoms with Gasteiger partial charge in [-0.25, -0.2) is 0 Å². The van der Waals surface area contributed by atoms with Gasteiger partial charge in [0.1, 0.15) is 0 Å². The summed E-state index contributed by atoms with van der Waals surface area (Å²) in [5.41, 5.74) is 3.49. The molecule has 160 valence electrons. The maximum atomic E-state index is 12.7. The maximum Gasteiger partial charge on any atom is 0.253 e. The molecule has 0 aliphatic carbocycles. The second kappa shape index (κ2) is 10.3. The maximum absolute atomic E-state index is 12.7. The fourth-order valence-corrected chi connectivity index (χ4v) is 3.77. The number of anilines is 1. The van der Waals surface area contributed by atoms with E-state index in [1.165, 1.54) is 0 Å². The van der Waals surface area contributed by atoms with Crippen LogP contribution >= 0.6 is 0 Å². The van der Waals surface area contributed by atoms with Gasteiger partial charge < -0.3 is 15.5 Å². The van der Waals surface area contributed by atoms with Gasteiger partial charge in [-0.3, -0.25) is 9.59 Å². The molecule has 1 aliphatic heterocycles. The van der Waals surface area contributed by atoms with E-state index in [9.17, 15) is 9.59 Å². The second-order valence-corrected chi connectivity index (χ2v) is 8.34. The molecule has 1 fully saturated rings. The minimum Gasteiger partial charge on any atom is -0.371 e. The molecule has 2 aromatic carbocycles. The average molecular weight is 408 g/mol. The number of piperidine rings is 1. The van der Waals surface area contributed by atoms with Crippen molar-refractivity contribution in [2.24, 2.45) is 5.92 Å². The van der Waals surface area contributed by atoms with Crippen LogP contribution in [-0.2, 0) is 0 Å². The predicted molar refractivity (Wildman–Crippen MR) is 122 cm³/mol. The van der Waals surface area contributed by atoms with Crippen LogP contribution in [0.1, 0.15) is 59.4 Å². The first-order valence-electron chi connectivity index (χ1n) is 11.0. The number of rotatable bonds is 7. The minimum atomic E-state index is -0.0132. The molecule has 0 bridgehead atoms. The van der Waals surface area contributed by atoms with Crippen LogP contribution in [-0.4, -0.2) is 37.5 Å². The Bertz CT molecular complexity index is 872. The highest BCUT2D eigenvalue weighted by Crippen LogP contribution is 2.24. The van der Waals surface area contributed by atoms with Gasteiger partial charge in [0.05, 0.1) is 5.56 Å². The zero-order chi connectivity index (χ0) is 21.5. The van der Waals surface area contributed by atoms with Gasteiger partial charge in [-0.2, -0.15) is 0 Å². The standard InChI is InChI=1S/C25H33N3O2/c1-4-18(2)17-26-25(30)22-10-5-6-11-23(22)28-14-12-21(13-15-28)27-24(29)20-9-7-8-19(3)16-20/h5-11,16,18,21H,4,12-15,17H2,1-3H3,(H,26,30)(H,27,29)/t18-/m0/s1. The third-order valence-electron chi connectivity index (χ3n) is 5.91. The van der Waals surface area contributed by atoms with Gasteiger partial charge in [-0.15, -0.1) is 0 Å². The fraction of sp³-hybridized carbons (Fsp3) is 0.440. The molecule has 0 spiro atoms. The van der Waals surface area contributed by atoms with Crippen molar-refractivity contribution in [1.29, 1.82) is 0 Å². The highest BCUT2D eigenvalue weighted by molar-refractivity contribution is 5.99. The summed E-state index contributed by atoms with van der Waals surface area (Å²) in [6.45, 7) is 8.58. The Morgan fingerprint density at radius 1 is 1.07 bits per heavy atom. The molecule has 1 aliphatic rings.